The lowest BCUT2D eigenvalue weighted by molar-refractivity contribution is 0.0593. The number of likely N-dealkylation sites (N-methyl/N-ethyl adjacent to an activating group) is 1. The molecule has 0 atom stereocenters. The normalized spacial score (nSPS) is 23.0. The summed E-state index contributed by atoms with van der Waals surface area (Å²) in [5.41, 5.74) is 1.43. The smallest absolute Gasteiger partial charge is 0.0233 e. The number of likely N-dealkylation sites (tertiary alicyclic amines) is 1. The minimum atomic E-state index is 0.820. The number of hydrogen-bond donors (Lipinski definition) is 0. The summed E-state index contributed by atoms with van der Waals surface area (Å²) in [5, 5.41) is 0. The van der Waals surface area contributed by atoms with Gasteiger partial charge in [0, 0.05) is 43.2 Å². The Kier molecular flexibility index (Phi) is 5.91. The van der Waals surface area contributed by atoms with E-state index in [-0.39, 0.29) is 0 Å². The van der Waals surface area contributed by atoms with E-state index in [1.807, 2.05) is 0 Å². The molecule has 1 aromatic carbocycles. The molecular weight excluding hydrogens is 338 g/mol. The Balaban J connectivity index is 1.43. The fourth-order valence-electron chi connectivity index (χ4n) is 3.74. The van der Waals surface area contributed by atoms with Crippen LogP contribution in [0.3, 0.4) is 0 Å². The number of rotatable bonds is 4. The van der Waals surface area contributed by atoms with Crippen LogP contribution in [0.2, 0.25) is 0 Å². The van der Waals surface area contributed by atoms with Gasteiger partial charge in [0.05, 0.1) is 0 Å². The molecule has 0 saturated carbocycles. The molecule has 0 N–H and O–H groups in total. The maximum atomic E-state index is 3.51. The lowest BCUT2D eigenvalue weighted by Gasteiger charge is -2.42. The van der Waals surface area contributed by atoms with Crippen LogP contribution in [0.15, 0.2) is 28.7 Å². The largest absolute Gasteiger partial charge is 0.301 e. The number of piperidine rings is 1. The van der Waals surface area contributed by atoms with Gasteiger partial charge in [-0.1, -0.05) is 35.0 Å². The summed E-state index contributed by atoms with van der Waals surface area (Å²) in [6.07, 6.45) is 2.67. The van der Waals surface area contributed by atoms with E-state index in [1.54, 1.807) is 0 Å². The van der Waals surface area contributed by atoms with Gasteiger partial charge >= 0.3 is 0 Å². The Morgan fingerprint density at radius 1 is 0.909 bits per heavy atom. The van der Waals surface area contributed by atoms with Crippen molar-refractivity contribution >= 4 is 15.9 Å². The highest BCUT2D eigenvalue weighted by Gasteiger charge is 2.26. The van der Waals surface area contributed by atoms with Gasteiger partial charge in [-0.2, -0.15) is 0 Å². The third-order valence-corrected chi connectivity index (χ3v) is 5.78. The fourth-order valence-corrected chi connectivity index (χ4v) is 4.00. The van der Waals surface area contributed by atoms with E-state index in [4.69, 9.17) is 0 Å². The maximum Gasteiger partial charge on any atom is 0.0233 e. The molecule has 2 fully saturated rings. The molecule has 0 aliphatic carbocycles. The first-order valence-electron chi connectivity index (χ1n) is 8.68. The number of halogens is 1. The first-order valence-corrected chi connectivity index (χ1v) is 9.47. The predicted molar refractivity (Wildman–Crippen MR) is 96.1 cm³/mol. The minimum absolute atomic E-state index is 0.820. The molecule has 0 unspecified atom stereocenters. The molecule has 0 spiro atoms. The summed E-state index contributed by atoms with van der Waals surface area (Å²) in [5.74, 6) is 0. The van der Waals surface area contributed by atoms with Crippen LogP contribution >= 0.6 is 15.9 Å². The molecule has 3 rings (SSSR count). The van der Waals surface area contributed by atoms with Gasteiger partial charge in [0.25, 0.3) is 0 Å². The van der Waals surface area contributed by atoms with Gasteiger partial charge in [0.2, 0.25) is 0 Å². The second-order valence-electron chi connectivity index (χ2n) is 6.60. The number of benzene rings is 1. The van der Waals surface area contributed by atoms with Crippen molar-refractivity contribution in [3.05, 3.63) is 34.3 Å². The van der Waals surface area contributed by atoms with E-state index in [2.05, 4.69) is 61.8 Å². The molecular formula is C18H28BrN3. The zero-order valence-corrected chi connectivity index (χ0v) is 15.3. The zero-order chi connectivity index (χ0) is 15.4. The molecule has 122 valence electrons. The fraction of sp³-hybridized carbons (Fsp3) is 0.667. The van der Waals surface area contributed by atoms with Gasteiger partial charge in [-0.3, -0.25) is 9.80 Å². The Labute approximate surface area is 143 Å². The van der Waals surface area contributed by atoms with E-state index >= 15 is 0 Å². The van der Waals surface area contributed by atoms with Crippen LogP contribution in [0.1, 0.15) is 25.3 Å². The summed E-state index contributed by atoms with van der Waals surface area (Å²) in [6.45, 7) is 12.1. The summed E-state index contributed by atoms with van der Waals surface area (Å²) in [4.78, 5) is 7.92. The van der Waals surface area contributed by atoms with Crippen molar-refractivity contribution in [2.75, 3.05) is 45.8 Å². The number of nitrogens with zero attached hydrogens (tertiary/aromatic N) is 3. The van der Waals surface area contributed by atoms with Crippen LogP contribution in [0.4, 0.5) is 0 Å². The van der Waals surface area contributed by atoms with Crippen molar-refractivity contribution in [3.63, 3.8) is 0 Å². The van der Waals surface area contributed by atoms with Gasteiger partial charge in [-0.05, 0) is 50.2 Å². The van der Waals surface area contributed by atoms with Gasteiger partial charge < -0.3 is 4.90 Å². The Morgan fingerprint density at radius 3 is 2.14 bits per heavy atom. The predicted octanol–water partition coefficient (Wildman–Crippen LogP) is 3.05. The third-order valence-electron chi connectivity index (χ3n) is 5.25. The van der Waals surface area contributed by atoms with Crippen molar-refractivity contribution in [1.29, 1.82) is 0 Å². The van der Waals surface area contributed by atoms with Crippen molar-refractivity contribution in [3.8, 4) is 0 Å². The summed E-state index contributed by atoms with van der Waals surface area (Å²) in [6, 6.07) is 9.59. The lowest BCUT2D eigenvalue weighted by atomic mass is 10.0. The van der Waals surface area contributed by atoms with Crippen LogP contribution in [0, 0.1) is 0 Å². The molecule has 3 nitrogen and oxygen atoms in total. The molecule has 1 aromatic rings. The molecule has 0 amide bonds. The lowest BCUT2D eigenvalue weighted by Crippen LogP contribution is -2.52. The van der Waals surface area contributed by atoms with Gasteiger partial charge in [-0.25, -0.2) is 0 Å². The standard InChI is InChI=1S/C18H28BrN3/c1-2-20-11-13-22(14-12-20)18-7-9-21(10-8-18)15-16-3-5-17(19)6-4-16/h3-6,18H,2,7-15H2,1H3. The quantitative estimate of drug-likeness (QED) is 0.811. The molecule has 22 heavy (non-hydrogen) atoms. The zero-order valence-electron chi connectivity index (χ0n) is 13.7. The summed E-state index contributed by atoms with van der Waals surface area (Å²) < 4.78 is 1.17. The Bertz CT molecular complexity index is 446. The van der Waals surface area contributed by atoms with Crippen LogP contribution in [-0.4, -0.2) is 66.6 Å². The van der Waals surface area contributed by atoms with Gasteiger partial charge in [0.15, 0.2) is 0 Å². The van der Waals surface area contributed by atoms with E-state index in [0.717, 1.165) is 12.6 Å². The SMILES string of the molecule is CCN1CCN(C2CCN(Cc3ccc(Br)cc3)CC2)CC1. The van der Waals surface area contributed by atoms with E-state index in [0.29, 0.717) is 0 Å². The Morgan fingerprint density at radius 2 is 1.55 bits per heavy atom. The van der Waals surface area contributed by atoms with Crippen LogP contribution in [-0.2, 0) is 6.54 Å². The van der Waals surface area contributed by atoms with Gasteiger partial charge in [0.1, 0.15) is 0 Å². The highest BCUT2D eigenvalue weighted by atomic mass is 79.9. The van der Waals surface area contributed by atoms with Crippen molar-refractivity contribution in [1.82, 2.24) is 14.7 Å². The topological polar surface area (TPSA) is 9.72 Å². The van der Waals surface area contributed by atoms with E-state index in [1.165, 1.54) is 68.7 Å². The molecule has 4 heteroatoms. The van der Waals surface area contributed by atoms with Crippen LogP contribution < -0.4 is 0 Å². The van der Waals surface area contributed by atoms with E-state index < -0.39 is 0 Å². The van der Waals surface area contributed by atoms with Gasteiger partial charge in [-0.15, -0.1) is 0 Å². The molecule has 2 heterocycles. The number of piperazine rings is 1. The minimum Gasteiger partial charge on any atom is -0.301 e. The summed E-state index contributed by atoms with van der Waals surface area (Å²) in [7, 11) is 0. The maximum absolute atomic E-state index is 3.51. The molecule has 0 radical (unpaired) electrons. The third kappa shape index (κ3) is 4.31. The highest BCUT2D eigenvalue weighted by molar-refractivity contribution is 9.10. The number of hydrogen-bond acceptors (Lipinski definition) is 3. The molecule has 2 aliphatic heterocycles. The second kappa shape index (κ2) is 7.91. The molecule has 2 aliphatic rings. The van der Waals surface area contributed by atoms with Crippen LogP contribution in [0.25, 0.3) is 0 Å². The van der Waals surface area contributed by atoms with Crippen molar-refractivity contribution < 1.29 is 0 Å². The average Bonchev–Trinajstić information content (AvgIpc) is 2.58. The molecule has 2 saturated heterocycles. The molecule has 0 bridgehead atoms. The highest BCUT2D eigenvalue weighted by Crippen LogP contribution is 2.20. The summed E-state index contributed by atoms with van der Waals surface area (Å²) >= 11 is 3.51. The van der Waals surface area contributed by atoms with E-state index in [9.17, 15) is 0 Å². The first kappa shape index (κ1) is 16.4. The van der Waals surface area contributed by atoms with Crippen molar-refractivity contribution in [2.24, 2.45) is 0 Å². The molecule has 0 aromatic heterocycles. The Hall–Kier alpha value is -0.420. The first-order chi connectivity index (χ1) is 10.7. The monoisotopic (exact) mass is 365 g/mol. The second-order valence-corrected chi connectivity index (χ2v) is 7.52. The average molecular weight is 366 g/mol. The van der Waals surface area contributed by atoms with Crippen molar-refractivity contribution in [2.45, 2.75) is 32.4 Å². The van der Waals surface area contributed by atoms with Crippen LogP contribution in [0.5, 0.6) is 0 Å².